The quantitative estimate of drug-likeness (QED) is 0.824. The Morgan fingerprint density at radius 2 is 2.17 bits per heavy atom. The fourth-order valence-electron chi connectivity index (χ4n) is 1.74. The molecule has 0 radical (unpaired) electrons. The van der Waals surface area contributed by atoms with Gasteiger partial charge in [0, 0.05) is 5.39 Å². The van der Waals surface area contributed by atoms with Gasteiger partial charge >= 0.3 is 6.09 Å². The molecule has 1 amide bonds. The van der Waals surface area contributed by atoms with Crippen molar-refractivity contribution >= 4 is 16.9 Å². The van der Waals surface area contributed by atoms with Crippen LogP contribution in [0.25, 0.3) is 10.8 Å². The maximum atomic E-state index is 13.4. The van der Waals surface area contributed by atoms with Crippen LogP contribution in [0.5, 0.6) is 0 Å². The molecule has 0 bridgehead atoms. The van der Waals surface area contributed by atoms with Gasteiger partial charge in [-0.3, -0.25) is 0 Å². The largest absolute Gasteiger partial charge is 0.445 e. The Morgan fingerprint density at radius 1 is 1.39 bits per heavy atom. The highest BCUT2D eigenvalue weighted by molar-refractivity contribution is 5.88. The number of amides is 1. The molecule has 0 aliphatic heterocycles. The van der Waals surface area contributed by atoms with Crippen molar-refractivity contribution in [2.45, 2.75) is 6.61 Å². The van der Waals surface area contributed by atoms with Crippen molar-refractivity contribution in [3.8, 4) is 12.3 Å². The number of benzene rings is 2. The third-order valence-electron chi connectivity index (χ3n) is 2.56. The van der Waals surface area contributed by atoms with Crippen LogP contribution in [0.4, 0.5) is 9.18 Å². The first-order valence-electron chi connectivity index (χ1n) is 5.22. The van der Waals surface area contributed by atoms with Crippen molar-refractivity contribution < 1.29 is 13.9 Å². The molecule has 2 N–H and O–H groups in total. The summed E-state index contributed by atoms with van der Waals surface area (Å²) in [4.78, 5) is 10.5. The highest BCUT2D eigenvalue weighted by Gasteiger charge is 2.06. The Morgan fingerprint density at radius 3 is 2.83 bits per heavy atom. The Labute approximate surface area is 103 Å². The van der Waals surface area contributed by atoms with Gasteiger partial charge in [0.1, 0.15) is 12.4 Å². The molecule has 0 heterocycles. The van der Waals surface area contributed by atoms with Crippen molar-refractivity contribution in [3.05, 3.63) is 47.3 Å². The van der Waals surface area contributed by atoms with E-state index in [2.05, 4.69) is 10.7 Å². The van der Waals surface area contributed by atoms with Crippen molar-refractivity contribution in [1.29, 1.82) is 0 Å². The summed E-state index contributed by atoms with van der Waals surface area (Å²) in [5.74, 6) is 1.90. The van der Waals surface area contributed by atoms with E-state index >= 15 is 0 Å². The third-order valence-corrected chi connectivity index (χ3v) is 2.56. The van der Waals surface area contributed by atoms with Gasteiger partial charge in [-0.15, -0.1) is 6.42 Å². The van der Waals surface area contributed by atoms with Gasteiger partial charge < -0.3 is 10.5 Å². The minimum Gasteiger partial charge on any atom is -0.445 e. The second-order valence-corrected chi connectivity index (χ2v) is 3.73. The predicted molar refractivity (Wildman–Crippen MR) is 66.2 cm³/mol. The Hall–Kier alpha value is -2.54. The molecule has 0 saturated carbocycles. The maximum Gasteiger partial charge on any atom is 0.404 e. The summed E-state index contributed by atoms with van der Waals surface area (Å²) in [6.07, 6.45) is 4.44. The number of carbonyl (C=O) groups is 1. The zero-order valence-corrected chi connectivity index (χ0v) is 9.44. The lowest BCUT2D eigenvalue weighted by molar-refractivity contribution is 0.150. The second kappa shape index (κ2) is 4.76. The molecule has 0 aliphatic rings. The van der Waals surface area contributed by atoms with Gasteiger partial charge in [0.25, 0.3) is 0 Å². The zero-order valence-electron chi connectivity index (χ0n) is 9.44. The van der Waals surface area contributed by atoms with Crippen molar-refractivity contribution in [2.24, 2.45) is 5.73 Å². The van der Waals surface area contributed by atoms with Gasteiger partial charge in [0.15, 0.2) is 0 Å². The molecule has 2 aromatic rings. The van der Waals surface area contributed by atoms with E-state index in [-0.39, 0.29) is 12.2 Å². The van der Waals surface area contributed by atoms with Crippen LogP contribution < -0.4 is 5.73 Å². The number of rotatable bonds is 2. The molecule has 90 valence electrons. The van der Waals surface area contributed by atoms with E-state index in [1.165, 1.54) is 6.07 Å². The van der Waals surface area contributed by atoms with E-state index in [1.54, 1.807) is 24.3 Å². The van der Waals surface area contributed by atoms with Crippen LogP contribution in [0.15, 0.2) is 30.3 Å². The summed E-state index contributed by atoms with van der Waals surface area (Å²) in [6.45, 7) is 0.0774. The summed E-state index contributed by atoms with van der Waals surface area (Å²) in [6, 6.07) is 8.13. The van der Waals surface area contributed by atoms with Gasteiger partial charge in [-0.2, -0.15) is 0 Å². The fourth-order valence-corrected chi connectivity index (χ4v) is 1.74. The third kappa shape index (κ3) is 2.25. The lowest BCUT2D eigenvalue weighted by Crippen LogP contribution is -2.12. The molecule has 0 fully saturated rings. The highest BCUT2D eigenvalue weighted by atomic mass is 19.1. The number of terminal acetylenes is 1. The second-order valence-electron chi connectivity index (χ2n) is 3.73. The number of hydrogen-bond donors (Lipinski definition) is 1. The first kappa shape index (κ1) is 11.9. The van der Waals surface area contributed by atoms with Crippen molar-refractivity contribution in [3.63, 3.8) is 0 Å². The van der Waals surface area contributed by atoms with Crippen LogP contribution >= 0.6 is 0 Å². The molecule has 4 heteroatoms. The molecule has 0 aliphatic carbocycles. The molecule has 3 nitrogen and oxygen atoms in total. The molecule has 2 rings (SSSR count). The van der Waals surface area contributed by atoms with Gasteiger partial charge in [-0.05, 0) is 23.1 Å². The molecular formula is C14H10FNO2. The number of nitrogens with two attached hydrogens (primary N) is 1. The van der Waals surface area contributed by atoms with E-state index in [0.29, 0.717) is 5.39 Å². The van der Waals surface area contributed by atoms with Crippen LogP contribution in [-0.2, 0) is 11.3 Å². The number of fused-ring (bicyclic) bond motifs is 1. The van der Waals surface area contributed by atoms with Crippen LogP contribution in [0.2, 0.25) is 0 Å². The fraction of sp³-hybridized carbons (Fsp3) is 0.0714. The first-order valence-corrected chi connectivity index (χ1v) is 5.22. The van der Waals surface area contributed by atoms with E-state index in [4.69, 9.17) is 12.2 Å². The smallest absolute Gasteiger partial charge is 0.404 e. The van der Waals surface area contributed by atoms with Crippen molar-refractivity contribution in [2.75, 3.05) is 0 Å². The topological polar surface area (TPSA) is 52.3 Å². The van der Waals surface area contributed by atoms with Crippen LogP contribution in [0, 0.1) is 18.2 Å². The predicted octanol–water partition coefficient (Wildman–Crippen LogP) is 2.56. The summed E-state index contributed by atoms with van der Waals surface area (Å²) < 4.78 is 18.1. The lowest BCUT2D eigenvalue weighted by Gasteiger charge is -2.06. The number of carbonyl (C=O) groups excluding carboxylic acids is 1. The minimum atomic E-state index is -0.835. The standard InChI is InChI=1S/C14H10FNO2/c1-2-11-12-5-3-9(8-18-14(16)17)7-10(12)4-6-13(11)15/h1,3-7H,8H2,(H2,16,17). The van der Waals surface area contributed by atoms with E-state index < -0.39 is 11.9 Å². The van der Waals surface area contributed by atoms with Gasteiger partial charge in [0.05, 0.1) is 5.56 Å². The first-order chi connectivity index (χ1) is 8.61. The monoisotopic (exact) mass is 243 g/mol. The average molecular weight is 243 g/mol. The maximum absolute atomic E-state index is 13.4. The van der Waals surface area contributed by atoms with Crippen molar-refractivity contribution in [1.82, 2.24) is 0 Å². The summed E-state index contributed by atoms with van der Waals surface area (Å²) in [5.41, 5.74) is 5.87. The lowest BCUT2D eigenvalue weighted by atomic mass is 10.0. The van der Waals surface area contributed by atoms with Gasteiger partial charge in [0.2, 0.25) is 0 Å². The van der Waals surface area contributed by atoms with Gasteiger partial charge in [-0.25, -0.2) is 9.18 Å². The normalized spacial score (nSPS) is 10.0. The minimum absolute atomic E-state index is 0.0774. The average Bonchev–Trinajstić information content (AvgIpc) is 2.36. The molecule has 0 atom stereocenters. The number of ether oxygens (including phenoxy) is 1. The van der Waals surface area contributed by atoms with E-state index in [9.17, 15) is 9.18 Å². The summed E-state index contributed by atoms with van der Waals surface area (Å²) in [5, 5.41) is 1.44. The van der Waals surface area contributed by atoms with Crippen LogP contribution in [0.3, 0.4) is 0 Å². The molecule has 0 saturated heterocycles. The highest BCUT2D eigenvalue weighted by Crippen LogP contribution is 2.22. The zero-order chi connectivity index (χ0) is 13.1. The summed E-state index contributed by atoms with van der Waals surface area (Å²) in [7, 11) is 0. The van der Waals surface area contributed by atoms with Crippen LogP contribution in [0.1, 0.15) is 11.1 Å². The number of halogens is 1. The molecule has 0 unspecified atom stereocenters. The molecule has 2 aromatic carbocycles. The molecule has 0 spiro atoms. The number of hydrogen-bond acceptors (Lipinski definition) is 2. The Balaban J connectivity index is 2.45. The van der Waals surface area contributed by atoms with E-state index in [0.717, 1.165) is 10.9 Å². The molecule has 0 aromatic heterocycles. The number of primary amides is 1. The molecular weight excluding hydrogens is 233 g/mol. The summed E-state index contributed by atoms with van der Waals surface area (Å²) >= 11 is 0. The van der Waals surface area contributed by atoms with Crippen LogP contribution in [-0.4, -0.2) is 6.09 Å². The molecule has 18 heavy (non-hydrogen) atoms. The Bertz CT molecular complexity index is 659. The SMILES string of the molecule is C#Cc1c(F)ccc2cc(COC(N)=O)ccc12. The van der Waals surface area contributed by atoms with Gasteiger partial charge in [-0.1, -0.05) is 24.1 Å². The van der Waals surface area contributed by atoms with E-state index in [1.807, 2.05) is 0 Å². The Kier molecular flexibility index (Phi) is 3.16.